The number of allylic oxidation sites excluding steroid dienone is 4. The first-order chi connectivity index (χ1) is 17.0. The van der Waals surface area contributed by atoms with Gasteiger partial charge in [-0.2, -0.15) is 5.10 Å². The zero-order valence-corrected chi connectivity index (χ0v) is 21.7. The highest BCUT2D eigenvalue weighted by molar-refractivity contribution is 6.05. The summed E-state index contributed by atoms with van der Waals surface area (Å²) >= 11 is 0. The number of carbonyl (C=O) groups is 2. The van der Waals surface area contributed by atoms with Gasteiger partial charge in [0.15, 0.2) is 11.5 Å². The molecule has 0 radical (unpaired) electrons. The second-order valence-electron chi connectivity index (χ2n) is 11.2. The highest BCUT2D eigenvalue weighted by atomic mass is 16.2. The molecule has 0 bridgehead atoms. The van der Waals surface area contributed by atoms with Gasteiger partial charge in [-0.25, -0.2) is 14.5 Å². The Bertz CT molecular complexity index is 1390. The summed E-state index contributed by atoms with van der Waals surface area (Å²) < 4.78 is 1.74. The number of aromatic nitrogens is 5. The molecular weight excluding hydrogens is 454 g/mol. The molecule has 3 aromatic rings. The Morgan fingerprint density at radius 1 is 1.22 bits per heavy atom. The monoisotopic (exact) mass is 487 g/mol. The number of rotatable bonds is 3. The van der Waals surface area contributed by atoms with E-state index in [0.29, 0.717) is 24.6 Å². The predicted octanol–water partition coefficient (Wildman–Crippen LogP) is 4.01. The third-order valence-electron chi connectivity index (χ3n) is 7.08. The number of amides is 2. The maximum Gasteiger partial charge on any atom is 0.275 e. The molecule has 9 heteroatoms. The summed E-state index contributed by atoms with van der Waals surface area (Å²) in [5, 5.41) is 4.87. The first-order valence-corrected chi connectivity index (χ1v) is 12.4. The van der Waals surface area contributed by atoms with Gasteiger partial charge in [0.2, 0.25) is 0 Å². The minimum absolute atomic E-state index is 0.175. The van der Waals surface area contributed by atoms with Crippen molar-refractivity contribution in [1.29, 1.82) is 0 Å². The average molecular weight is 488 g/mol. The van der Waals surface area contributed by atoms with Crippen LogP contribution in [0, 0.1) is 0 Å². The van der Waals surface area contributed by atoms with E-state index >= 15 is 0 Å². The lowest BCUT2D eigenvalue weighted by molar-refractivity contribution is -0.129. The van der Waals surface area contributed by atoms with Gasteiger partial charge in [-0.15, -0.1) is 0 Å². The molecule has 0 aromatic carbocycles. The van der Waals surface area contributed by atoms with Crippen LogP contribution >= 0.6 is 0 Å². The van der Waals surface area contributed by atoms with E-state index in [4.69, 9.17) is 10.1 Å². The fraction of sp³-hybridized carbons (Fsp3) is 0.444. The molecule has 1 atom stereocenters. The molecule has 4 heterocycles. The van der Waals surface area contributed by atoms with Crippen molar-refractivity contribution in [2.45, 2.75) is 64.8 Å². The molecule has 9 nitrogen and oxygen atoms in total. The first-order valence-electron chi connectivity index (χ1n) is 12.4. The number of aromatic amines is 1. The molecular formula is C27H33N7O2. The zero-order chi connectivity index (χ0) is 25.8. The van der Waals surface area contributed by atoms with Gasteiger partial charge in [0.25, 0.3) is 11.8 Å². The topological polar surface area (TPSA) is 99.5 Å². The predicted molar refractivity (Wildman–Crippen MR) is 138 cm³/mol. The molecule has 2 amide bonds. The van der Waals surface area contributed by atoms with Crippen LogP contribution in [0.3, 0.4) is 0 Å². The number of carbonyl (C=O) groups excluding carboxylic acids is 2. The molecule has 1 saturated heterocycles. The van der Waals surface area contributed by atoms with Crippen molar-refractivity contribution >= 4 is 23.3 Å². The number of H-pyrrole nitrogens is 1. The molecule has 1 unspecified atom stereocenters. The second kappa shape index (κ2) is 8.43. The number of piperazine rings is 1. The molecule has 36 heavy (non-hydrogen) atoms. The van der Waals surface area contributed by atoms with Crippen LogP contribution < -0.4 is 4.90 Å². The van der Waals surface area contributed by atoms with Crippen molar-refractivity contribution in [3.63, 3.8) is 0 Å². The summed E-state index contributed by atoms with van der Waals surface area (Å²) in [6, 6.07) is 2.13. The Morgan fingerprint density at radius 3 is 2.67 bits per heavy atom. The quantitative estimate of drug-likeness (QED) is 0.602. The fourth-order valence-electron chi connectivity index (χ4n) is 5.02. The van der Waals surface area contributed by atoms with E-state index in [1.807, 2.05) is 0 Å². The van der Waals surface area contributed by atoms with Crippen LogP contribution in [-0.2, 0) is 10.2 Å². The third kappa shape index (κ3) is 4.02. The van der Waals surface area contributed by atoms with Crippen molar-refractivity contribution in [1.82, 2.24) is 29.5 Å². The number of fused-ring (bicyclic) bond motifs is 1. The van der Waals surface area contributed by atoms with E-state index in [2.05, 4.69) is 62.0 Å². The zero-order valence-electron chi connectivity index (χ0n) is 21.7. The molecule has 0 saturated carbocycles. The molecule has 0 spiro atoms. The minimum Gasteiger partial charge on any atom is -0.349 e. The van der Waals surface area contributed by atoms with E-state index in [1.165, 1.54) is 5.57 Å². The summed E-state index contributed by atoms with van der Waals surface area (Å²) in [6.07, 6.45) is 12.3. The van der Waals surface area contributed by atoms with E-state index in [1.54, 1.807) is 46.9 Å². The van der Waals surface area contributed by atoms with Crippen LogP contribution in [0.4, 0.5) is 5.82 Å². The molecule has 1 aliphatic heterocycles. The molecule has 2 aliphatic rings. The largest absolute Gasteiger partial charge is 0.349 e. The summed E-state index contributed by atoms with van der Waals surface area (Å²) in [5.41, 5.74) is 2.91. The van der Waals surface area contributed by atoms with Gasteiger partial charge in [0, 0.05) is 30.8 Å². The van der Waals surface area contributed by atoms with E-state index in [-0.39, 0.29) is 28.8 Å². The number of nitrogens with one attached hydrogen (secondary N) is 1. The fourth-order valence-corrected chi connectivity index (χ4v) is 5.02. The lowest BCUT2D eigenvalue weighted by Gasteiger charge is -2.44. The summed E-state index contributed by atoms with van der Waals surface area (Å²) in [4.78, 5) is 42.1. The molecule has 5 rings (SSSR count). The minimum atomic E-state index is -1.05. The third-order valence-corrected chi connectivity index (χ3v) is 7.08. The van der Waals surface area contributed by atoms with E-state index < -0.39 is 5.54 Å². The lowest BCUT2D eigenvalue weighted by Crippen LogP contribution is -2.65. The number of hydrogen-bond donors (Lipinski definition) is 1. The molecule has 1 N–H and O–H groups in total. The number of anilines is 1. The van der Waals surface area contributed by atoms with E-state index in [0.717, 1.165) is 17.7 Å². The van der Waals surface area contributed by atoms with Crippen molar-refractivity contribution < 1.29 is 9.59 Å². The normalized spacial score (nSPS) is 20.2. The van der Waals surface area contributed by atoms with Crippen LogP contribution in [0.1, 0.15) is 75.6 Å². The summed E-state index contributed by atoms with van der Waals surface area (Å²) in [7, 11) is 0. The van der Waals surface area contributed by atoms with Gasteiger partial charge in [-0.3, -0.25) is 14.5 Å². The Balaban J connectivity index is 1.51. The standard InChI is InChI=1S/C27H33N7O2/c1-17-8-7-9-18(12-17)20-13-19(26(2,3)4)23-30-21(15-34(23)31-20)24(35)33-11-10-32(22-14-28-16-29-22)25(36)27(33,5)6/h7-8,12-16,18H,9-11H2,1-6H3,(H,28,29). The van der Waals surface area contributed by atoms with Crippen LogP contribution in [0.25, 0.3) is 5.65 Å². The van der Waals surface area contributed by atoms with Crippen molar-refractivity contribution in [3.05, 3.63) is 65.5 Å². The number of nitrogens with zero attached hydrogens (tertiary/aromatic N) is 6. The van der Waals surface area contributed by atoms with Crippen molar-refractivity contribution in [2.24, 2.45) is 0 Å². The van der Waals surface area contributed by atoms with Crippen molar-refractivity contribution in [3.8, 4) is 0 Å². The average Bonchev–Trinajstić information content (AvgIpc) is 3.49. The summed E-state index contributed by atoms with van der Waals surface area (Å²) in [6.45, 7) is 12.8. The molecule has 1 aliphatic carbocycles. The van der Waals surface area contributed by atoms with Gasteiger partial charge < -0.3 is 9.88 Å². The van der Waals surface area contributed by atoms with Gasteiger partial charge in [0.1, 0.15) is 11.2 Å². The SMILES string of the molecule is CC1=CC(c2cc(C(C)(C)C)c3nc(C(=O)N4CCN(c5c[nH]cn5)C(=O)C4(C)C)cn3n2)CC=C1. The van der Waals surface area contributed by atoms with Gasteiger partial charge in [-0.05, 0) is 38.7 Å². The molecule has 188 valence electrons. The van der Waals surface area contributed by atoms with Crippen LogP contribution in [-0.4, -0.2) is 59.9 Å². The van der Waals surface area contributed by atoms with Gasteiger partial charge >= 0.3 is 0 Å². The maximum absolute atomic E-state index is 13.7. The maximum atomic E-state index is 13.7. The highest BCUT2D eigenvalue weighted by Crippen LogP contribution is 2.33. The first kappa shape index (κ1) is 24.0. The summed E-state index contributed by atoms with van der Waals surface area (Å²) in [5.74, 6) is 0.273. The molecule has 1 fully saturated rings. The Labute approximate surface area is 210 Å². The Morgan fingerprint density at radius 2 is 2.00 bits per heavy atom. The smallest absolute Gasteiger partial charge is 0.275 e. The van der Waals surface area contributed by atoms with E-state index in [9.17, 15) is 9.59 Å². The number of hydrogen-bond acceptors (Lipinski definition) is 5. The highest BCUT2D eigenvalue weighted by Gasteiger charge is 2.46. The Hall–Kier alpha value is -3.75. The lowest BCUT2D eigenvalue weighted by atomic mass is 9.85. The van der Waals surface area contributed by atoms with Crippen molar-refractivity contribution in [2.75, 3.05) is 18.0 Å². The van der Waals surface area contributed by atoms with Gasteiger partial charge in [-0.1, -0.05) is 44.6 Å². The number of imidazole rings is 2. The van der Waals surface area contributed by atoms with Crippen LogP contribution in [0.15, 0.2) is 48.6 Å². The Kier molecular flexibility index (Phi) is 5.61. The van der Waals surface area contributed by atoms with Crippen LogP contribution in [0.2, 0.25) is 0 Å². The van der Waals surface area contributed by atoms with Gasteiger partial charge in [0.05, 0.1) is 18.2 Å². The van der Waals surface area contributed by atoms with Crippen LogP contribution in [0.5, 0.6) is 0 Å². The second-order valence-corrected chi connectivity index (χ2v) is 11.2. The molecule has 3 aromatic heterocycles.